The maximum Gasteiger partial charge on any atom is 0.287 e. The fourth-order valence-corrected chi connectivity index (χ4v) is 1.76. The Morgan fingerprint density at radius 2 is 2.35 bits per heavy atom. The quantitative estimate of drug-likeness (QED) is 0.636. The summed E-state index contributed by atoms with van der Waals surface area (Å²) < 4.78 is 0. The molecular formula is C10H15ClN4O2. The van der Waals surface area contributed by atoms with Crippen LogP contribution in [0.3, 0.4) is 0 Å². The Morgan fingerprint density at radius 1 is 1.53 bits per heavy atom. The van der Waals surface area contributed by atoms with Gasteiger partial charge in [0.2, 0.25) is 0 Å². The number of nitrogens with one attached hydrogen (secondary N) is 2. The summed E-state index contributed by atoms with van der Waals surface area (Å²) in [6, 6.07) is 3.47. The molecule has 0 unspecified atom stereocenters. The van der Waals surface area contributed by atoms with Gasteiger partial charge in [0, 0.05) is 18.7 Å². The lowest BCUT2D eigenvalue weighted by atomic mass is 10.1. The van der Waals surface area contributed by atoms with Crippen molar-refractivity contribution in [1.82, 2.24) is 10.3 Å². The van der Waals surface area contributed by atoms with E-state index in [1.807, 2.05) is 0 Å². The van der Waals surface area contributed by atoms with E-state index < -0.39 is 4.92 Å². The minimum absolute atomic E-state index is 0. The van der Waals surface area contributed by atoms with Gasteiger partial charge < -0.3 is 10.6 Å². The highest BCUT2D eigenvalue weighted by molar-refractivity contribution is 5.85. The van der Waals surface area contributed by atoms with Gasteiger partial charge in [0.25, 0.3) is 5.69 Å². The summed E-state index contributed by atoms with van der Waals surface area (Å²) in [6.07, 6.45) is 3.52. The second-order valence-electron chi connectivity index (χ2n) is 3.85. The van der Waals surface area contributed by atoms with Crippen molar-refractivity contribution in [1.29, 1.82) is 0 Å². The van der Waals surface area contributed by atoms with E-state index in [0.717, 1.165) is 25.9 Å². The molecule has 2 rings (SSSR count). The number of nitrogens with zero attached hydrogens (tertiary/aromatic N) is 2. The second kappa shape index (κ2) is 6.36. The molecule has 7 heteroatoms. The van der Waals surface area contributed by atoms with Gasteiger partial charge in [-0.2, -0.15) is 0 Å². The number of hydrogen-bond acceptors (Lipinski definition) is 5. The Labute approximate surface area is 105 Å². The van der Waals surface area contributed by atoms with Crippen molar-refractivity contribution >= 4 is 23.9 Å². The number of nitro groups is 1. The molecule has 0 spiro atoms. The van der Waals surface area contributed by atoms with Crippen molar-refractivity contribution in [3.05, 3.63) is 28.4 Å². The summed E-state index contributed by atoms with van der Waals surface area (Å²) in [4.78, 5) is 14.0. The average molecular weight is 259 g/mol. The maximum atomic E-state index is 10.4. The Morgan fingerprint density at radius 3 is 2.88 bits per heavy atom. The molecule has 0 amide bonds. The molecule has 17 heavy (non-hydrogen) atoms. The van der Waals surface area contributed by atoms with Crippen LogP contribution in [0.15, 0.2) is 18.3 Å². The van der Waals surface area contributed by atoms with Crippen molar-refractivity contribution in [3.8, 4) is 0 Å². The first kappa shape index (κ1) is 13.7. The number of anilines is 1. The Bertz CT molecular complexity index is 365. The first-order valence-corrected chi connectivity index (χ1v) is 5.33. The number of pyridine rings is 1. The predicted octanol–water partition coefficient (Wildman–Crippen LogP) is 1.58. The standard InChI is InChI=1S/C10H14N4O2.ClH/c15-14(16)9-3-4-10(12-7-9)13-8-2-1-5-11-6-8;/h3-4,7-8,11H,1-2,5-6H2,(H,12,13);1H/t8-;/m0./s1. The molecule has 1 aromatic heterocycles. The van der Waals surface area contributed by atoms with Crippen molar-refractivity contribution in [2.75, 3.05) is 18.4 Å². The van der Waals surface area contributed by atoms with Gasteiger partial charge in [0.05, 0.1) is 4.92 Å². The summed E-state index contributed by atoms with van der Waals surface area (Å²) in [6.45, 7) is 1.98. The molecule has 0 bridgehead atoms. The van der Waals surface area contributed by atoms with E-state index in [0.29, 0.717) is 11.9 Å². The molecule has 1 aliphatic rings. The van der Waals surface area contributed by atoms with Crippen LogP contribution < -0.4 is 10.6 Å². The van der Waals surface area contributed by atoms with E-state index >= 15 is 0 Å². The largest absolute Gasteiger partial charge is 0.366 e. The molecule has 0 radical (unpaired) electrons. The highest BCUT2D eigenvalue weighted by atomic mass is 35.5. The third kappa shape index (κ3) is 3.83. The number of piperidine rings is 1. The zero-order valence-corrected chi connectivity index (χ0v) is 10.1. The zero-order valence-electron chi connectivity index (χ0n) is 9.26. The molecule has 2 N–H and O–H groups in total. The second-order valence-corrected chi connectivity index (χ2v) is 3.85. The molecule has 1 aliphatic heterocycles. The molecule has 6 nitrogen and oxygen atoms in total. The number of rotatable bonds is 3. The molecule has 1 fully saturated rings. The van der Waals surface area contributed by atoms with Crippen molar-refractivity contribution in [2.45, 2.75) is 18.9 Å². The first-order chi connectivity index (χ1) is 7.75. The normalized spacial score (nSPS) is 19.2. The van der Waals surface area contributed by atoms with Gasteiger partial charge in [-0.15, -0.1) is 12.4 Å². The Hall–Kier alpha value is -1.40. The zero-order chi connectivity index (χ0) is 11.4. The third-order valence-electron chi connectivity index (χ3n) is 2.61. The molecule has 1 aromatic rings. The van der Waals surface area contributed by atoms with Gasteiger partial charge in [-0.25, -0.2) is 4.98 Å². The van der Waals surface area contributed by atoms with E-state index in [1.165, 1.54) is 12.3 Å². The van der Waals surface area contributed by atoms with Crippen LogP contribution in [0.2, 0.25) is 0 Å². The topological polar surface area (TPSA) is 80.1 Å². The highest BCUT2D eigenvalue weighted by Crippen LogP contribution is 2.14. The number of halogens is 1. The minimum Gasteiger partial charge on any atom is -0.366 e. The lowest BCUT2D eigenvalue weighted by Crippen LogP contribution is -2.38. The van der Waals surface area contributed by atoms with Gasteiger partial charge >= 0.3 is 0 Å². The van der Waals surface area contributed by atoms with Crippen molar-refractivity contribution < 1.29 is 4.92 Å². The van der Waals surface area contributed by atoms with Crippen molar-refractivity contribution in [2.24, 2.45) is 0 Å². The first-order valence-electron chi connectivity index (χ1n) is 5.33. The monoisotopic (exact) mass is 258 g/mol. The van der Waals surface area contributed by atoms with E-state index in [9.17, 15) is 10.1 Å². The van der Waals surface area contributed by atoms with Crippen LogP contribution in [0.4, 0.5) is 11.5 Å². The predicted molar refractivity (Wildman–Crippen MR) is 67.7 cm³/mol. The van der Waals surface area contributed by atoms with E-state index in [1.54, 1.807) is 6.07 Å². The SMILES string of the molecule is Cl.O=[N+]([O-])c1ccc(N[C@H]2CCCNC2)nc1. The molecular weight excluding hydrogens is 244 g/mol. The fourth-order valence-electron chi connectivity index (χ4n) is 1.76. The van der Waals surface area contributed by atoms with Crippen LogP contribution in [0.25, 0.3) is 0 Å². The molecule has 1 saturated heterocycles. The average Bonchev–Trinajstić information content (AvgIpc) is 2.31. The molecule has 0 aliphatic carbocycles. The van der Waals surface area contributed by atoms with E-state index in [2.05, 4.69) is 15.6 Å². The van der Waals surface area contributed by atoms with E-state index in [4.69, 9.17) is 0 Å². The van der Waals surface area contributed by atoms with Gasteiger partial charge in [-0.3, -0.25) is 10.1 Å². The van der Waals surface area contributed by atoms with Crippen LogP contribution >= 0.6 is 12.4 Å². The summed E-state index contributed by atoms with van der Waals surface area (Å²) >= 11 is 0. The lowest BCUT2D eigenvalue weighted by Gasteiger charge is -2.24. The van der Waals surface area contributed by atoms with Gasteiger partial charge in [0.1, 0.15) is 12.0 Å². The maximum absolute atomic E-state index is 10.4. The molecule has 0 aromatic carbocycles. The van der Waals surface area contributed by atoms with Gasteiger partial charge in [0.15, 0.2) is 0 Å². The number of hydrogen-bond donors (Lipinski definition) is 2. The summed E-state index contributed by atoms with van der Waals surface area (Å²) in [5.41, 5.74) is 0.0207. The molecule has 0 saturated carbocycles. The smallest absolute Gasteiger partial charge is 0.287 e. The number of aromatic nitrogens is 1. The highest BCUT2D eigenvalue weighted by Gasteiger charge is 2.13. The van der Waals surface area contributed by atoms with Crippen LogP contribution in [0, 0.1) is 10.1 Å². The Kier molecular flexibility index (Phi) is 5.11. The minimum atomic E-state index is -0.445. The van der Waals surface area contributed by atoms with Crippen LogP contribution in [0.5, 0.6) is 0 Å². The third-order valence-corrected chi connectivity index (χ3v) is 2.61. The molecule has 2 heterocycles. The van der Waals surface area contributed by atoms with Gasteiger partial charge in [-0.1, -0.05) is 0 Å². The summed E-state index contributed by atoms with van der Waals surface area (Å²) in [7, 11) is 0. The summed E-state index contributed by atoms with van der Waals surface area (Å²) in [5, 5.41) is 17.0. The van der Waals surface area contributed by atoms with Crippen LogP contribution in [-0.4, -0.2) is 29.0 Å². The fraction of sp³-hybridized carbons (Fsp3) is 0.500. The van der Waals surface area contributed by atoms with Crippen LogP contribution in [0.1, 0.15) is 12.8 Å². The summed E-state index contributed by atoms with van der Waals surface area (Å²) in [5.74, 6) is 0.694. The van der Waals surface area contributed by atoms with Crippen LogP contribution in [-0.2, 0) is 0 Å². The van der Waals surface area contributed by atoms with E-state index in [-0.39, 0.29) is 18.1 Å². The Balaban J connectivity index is 0.00000144. The molecule has 94 valence electrons. The lowest BCUT2D eigenvalue weighted by molar-refractivity contribution is -0.385. The van der Waals surface area contributed by atoms with Crippen molar-refractivity contribution in [3.63, 3.8) is 0 Å². The van der Waals surface area contributed by atoms with Gasteiger partial charge in [-0.05, 0) is 25.5 Å². The molecule has 1 atom stereocenters.